The zero-order chi connectivity index (χ0) is 21.7. The molecule has 0 atom stereocenters. The van der Waals surface area contributed by atoms with Gasteiger partial charge in [0.25, 0.3) is 5.56 Å². The molecule has 8 heteroatoms. The van der Waals surface area contributed by atoms with Crippen LogP contribution in [-0.4, -0.2) is 28.2 Å². The van der Waals surface area contributed by atoms with E-state index in [4.69, 9.17) is 4.74 Å². The second-order valence-electron chi connectivity index (χ2n) is 7.31. The van der Waals surface area contributed by atoms with Crippen LogP contribution in [0, 0.1) is 12.8 Å². The first-order valence-electron chi connectivity index (χ1n) is 9.63. The Morgan fingerprint density at radius 2 is 1.77 bits per heavy atom. The second-order valence-corrected chi connectivity index (χ2v) is 7.31. The third-order valence-corrected chi connectivity index (χ3v) is 4.29. The van der Waals surface area contributed by atoms with Gasteiger partial charge in [-0.15, -0.1) is 0 Å². The number of carbonyl (C=O) groups is 2. The highest BCUT2D eigenvalue weighted by Crippen LogP contribution is 2.16. The molecule has 156 valence electrons. The largest absolute Gasteiger partial charge is 0.449 e. The summed E-state index contributed by atoms with van der Waals surface area (Å²) in [7, 11) is 0. The second kappa shape index (κ2) is 9.21. The van der Waals surface area contributed by atoms with Crippen LogP contribution >= 0.6 is 0 Å². The van der Waals surface area contributed by atoms with E-state index in [1.807, 2.05) is 19.9 Å². The number of para-hydroxylation sites is 1. The van der Waals surface area contributed by atoms with E-state index in [0.717, 1.165) is 0 Å². The molecule has 0 fully saturated rings. The van der Waals surface area contributed by atoms with Crippen molar-refractivity contribution in [3.63, 3.8) is 0 Å². The molecule has 2 N–H and O–H groups in total. The lowest BCUT2D eigenvalue weighted by Gasteiger charge is -2.12. The summed E-state index contributed by atoms with van der Waals surface area (Å²) in [6, 6.07) is 13.7. The number of fused-ring (bicyclic) bond motifs is 1. The number of benzene rings is 2. The summed E-state index contributed by atoms with van der Waals surface area (Å²) in [6.07, 6.45) is -0.559. The van der Waals surface area contributed by atoms with Gasteiger partial charge in [-0.05, 0) is 43.2 Å². The summed E-state index contributed by atoms with van der Waals surface area (Å²) in [5.41, 5.74) is 1.31. The fraction of sp³-hybridized carbons (Fsp3) is 0.273. The molecule has 2 amide bonds. The number of nitrogens with zero attached hydrogens (tertiary/aromatic N) is 2. The van der Waals surface area contributed by atoms with Gasteiger partial charge in [-0.3, -0.25) is 19.5 Å². The van der Waals surface area contributed by atoms with Crippen molar-refractivity contribution in [1.29, 1.82) is 0 Å². The number of nitrogens with one attached hydrogen (secondary N) is 2. The molecule has 0 radical (unpaired) electrons. The average Bonchev–Trinajstić information content (AvgIpc) is 2.70. The van der Waals surface area contributed by atoms with Gasteiger partial charge in [-0.25, -0.2) is 9.78 Å². The quantitative estimate of drug-likeness (QED) is 0.649. The van der Waals surface area contributed by atoms with Gasteiger partial charge in [-0.2, -0.15) is 0 Å². The molecule has 0 spiro atoms. The maximum Gasteiger partial charge on any atom is 0.411 e. The fourth-order valence-electron chi connectivity index (χ4n) is 2.88. The van der Waals surface area contributed by atoms with Crippen LogP contribution in [0.3, 0.4) is 0 Å². The molecule has 1 heterocycles. The monoisotopic (exact) mass is 408 g/mol. The normalized spacial score (nSPS) is 10.8. The zero-order valence-electron chi connectivity index (χ0n) is 17.1. The van der Waals surface area contributed by atoms with Gasteiger partial charge >= 0.3 is 6.09 Å². The van der Waals surface area contributed by atoms with Gasteiger partial charge in [0.2, 0.25) is 5.91 Å². The summed E-state index contributed by atoms with van der Waals surface area (Å²) in [6.45, 7) is 5.73. The highest BCUT2D eigenvalue weighted by molar-refractivity contribution is 5.92. The SMILES string of the molecule is Cc1nc2ccccc2c(=O)n1CC(=O)Nc1cccc(NC(=O)OCC(C)C)c1. The number of aryl methyl sites for hydroxylation is 1. The van der Waals surface area contributed by atoms with Crippen molar-refractivity contribution in [2.45, 2.75) is 27.3 Å². The molecule has 3 rings (SSSR count). The lowest BCUT2D eigenvalue weighted by molar-refractivity contribution is -0.116. The molecule has 30 heavy (non-hydrogen) atoms. The Balaban J connectivity index is 1.69. The van der Waals surface area contributed by atoms with Crippen molar-refractivity contribution >= 4 is 34.3 Å². The average molecular weight is 408 g/mol. The van der Waals surface area contributed by atoms with Crippen LogP contribution in [0.15, 0.2) is 53.3 Å². The molecule has 0 saturated heterocycles. The van der Waals surface area contributed by atoms with E-state index >= 15 is 0 Å². The first-order chi connectivity index (χ1) is 14.3. The molecular weight excluding hydrogens is 384 g/mol. The van der Waals surface area contributed by atoms with E-state index in [-0.39, 0.29) is 23.9 Å². The third kappa shape index (κ3) is 5.22. The number of ether oxygens (including phenoxy) is 1. The number of hydrogen-bond acceptors (Lipinski definition) is 5. The van der Waals surface area contributed by atoms with Crippen LogP contribution in [-0.2, 0) is 16.1 Å². The molecule has 0 aliphatic heterocycles. The first kappa shape index (κ1) is 21.0. The lowest BCUT2D eigenvalue weighted by atomic mass is 10.2. The van der Waals surface area contributed by atoms with Crippen molar-refractivity contribution in [2.24, 2.45) is 5.92 Å². The highest BCUT2D eigenvalue weighted by atomic mass is 16.5. The standard InChI is InChI=1S/C22H24N4O4/c1-14(2)13-30-22(29)25-17-8-6-7-16(11-17)24-20(27)12-26-15(3)23-19-10-5-4-9-18(19)21(26)28/h4-11,14H,12-13H2,1-3H3,(H,24,27)(H,25,29). The first-order valence-corrected chi connectivity index (χ1v) is 9.63. The maximum absolute atomic E-state index is 12.7. The number of carbonyl (C=O) groups excluding carboxylic acids is 2. The number of hydrogen-bond donors (Lipinski definition) is 2. The van der Waals surface area contributed by atoms with Crippen LogP contribution < -0.4 is 16.2 Å². The summed E-state index contributed by atoms with van der Waals surface area (Å²) >= 11 is 0. The van der Waals surface area contributed by atoms with Gasteiger partial charge in [0, 0.05) is 11.4 Å². The van der Waals surface area contributed by atoms with Crippen molar-refractivity contribution < 1.29 is 14.3 Å². The molecular formula is C22H24N4O4. The Morgan fingerprint density at radius 3 is 2.50 bits per heavy atom. The van der Waals surface area contributed by atoms with Crippen molar-refractivity contribution in [3.05, 3.63) is 64.7 Å². The van der Waals surface area contributed by atoms with Gasteiger partial charge in [0.15, 0.2) is 0 Å². The Morgan fingerprint density at radius 1 is 1.07 bits per heavy atom. The van der Waals surface area contributed by atoms with E-state index in [9.17, 15) is 14.4 Å². The van der Waals surface area contributed by atoms with Gasteiger partial charge in [0.1, 0.15) is 12.4 Å². The van der Waals surface area contributed by atoms with E-state index in [1.54, 1.807) is 49.4 Å². The summed E-state index contributed by atoms with van der Waals surface area (Å²) in [5, 5.41) is 5.82. The molecule has 0 saturated carbocycles. The van der Waals surface area contributed by atoms with Crippen molar-refractivity contribution in [2.75, 3.05) is 17.2 Å². The molecule has 2 aromatic carbocycles. The summed E-state index contributed by atoms with van der Waals surface area (Å²) in [5.74, 6) is 0.312. The van der Waals surface area contributed by atoms with Crippen molar-refractivity contribution in [1.82, 2.24) is 9.55 Å². The lowest BCUT2D eigenvalue weighted by Crippen LogP contribution is -2.30. The molecule has 0 aliphatic carbocycles. The zero-order valence-corrected chi connectivity index (χ0v) is 17.1. The Hall–Kier alpha value is -3.68. The summed E-state index contributed by atoms with van der Waals surface area (Å²) < 4.78 is 6.42. The fourth-order valence-corrected chi connectivity index (χ4v) is 2.88. The molecule has 0 bridgehead atoms. The van der Waals surface area contributed by atoms with E-state index in [1.165, 1.54) is 4.57 Å². The van der Waals surface area contributed by atoms with Crippen LogP contribution in [0.4, 0.5) is 16.2 Å². The highest BCUT2D eigenvalue weighted by Gasteiger charge is 2.12. The van der Waals surface area contributed by atoms with Gasteiger partial charge < -0.3 is 10.1 Å². The van der Waals surface area contributed by atoms with Gasteiger partial charge in [0.05, 0.1) is 17.5 Å². The minimum absolute atomic E-state index is 0.170. The molecule has 8 nitrogen and oxygen atoms in total. The minimum Gasteiger partial charge on any atom is -0.449 e. The third-order valence-electron chi connectivity index (χ3n) is 4.29. The number of aromatic nitrogens is 2. The number of amides is 2. The smallest absolute Gasteiger partial charge is 0.411 e. The van der Waals surface area contributed by atoms with E-state index in [0.29, 0.717) is 34.7 Å². The predicted octanol–water partition coefficient (Wildman–Crippen LogP) is 3.55. The van der Waals surface area contributed by atoms with Crippen LogP contribution in [0.2, 0.25) is 0 Å². The molecule has 0 unspecified atom stereocenters. The van der Waals surface area contributed by atoms with E-state index in [2.05, 4.69) is 15.6 Å². The number of rotatable bonds is 6. The van der Waals surface area contributed by atoms with Crippen LogP contribution in [0.25, 0.3) is 10.9 Å². The van der Waals surface area contributed by atoms with Crippen molar-refractivity contribution in [3.8, 4) is 0 Å². The Labute approximate surface area is 173 Å². The predicted molar refractivity (Wildman–Crippen MR) is 116 cm³/mol. The summed E-state index contributed by atoms with van der Waals surface area (Å²) in [4.78, 5) is 41.4. The molecule has 0 aliphatic rings. The van der Waals surface area contributed by atoms with Gasteiger partial charge in [-0.1, -0.05) is 32.0 Å². The maximum atomic E-state index is 12.7. The topological polar surface area (TPSA) is 102 Å². The molecule has 1 aromatic heterocycles. The minimum atomic E-state index is -0.559. The van der Waals surface area contributed by atoms with Crippen LogP contribution in [0.5, 0.6) is 0 Å². The number of anilines is 2. The Bertz CT molecular complexity index is 1140. The van der Waals surface area contributed by atoms with E-state index < -0.39 is 6.09 Å². The Kier molecular flexibility index (Phi) is 6.46. The molecule has 3 aromatic rings. The van der Waals surface area contributed by atoms with Crippen LogP contribution in [0.1, 0.15) is 19.7 Å².